The number of hydrogen-bond donors (Lipinski definition) is 2. The number of benzene rings is 1. The average molecular weight is 460 g/mol. The Kier molecular flexibility index (Phi) is 6.46. The minimum atomic E-state index is 0.466. The molecule has 0 spiro atoms. The summed E-state index contributed by atoms with van der Waals surface area (Å²) in [4.78, 5) is 21.8. The van der Waals surface area contributed by atoms with Crippen molar-refractivity contribution in [2.24, 2.45) is 0 Å². The number of rotatable bonds is 7. The molecule has 0 unspecified atom stereocenters. The lowest BCUT2D eigenvalue weighted by atomic mass is 10.1. The van der Waals surface area contributed by atoms with Gasteiger partial charge in [0.25, 0.3) is 0 Å². The predicted octanol–water partition coefficient (Wildman–Crippen LogP) is 5.74. The molecule has 0 fully saturated rings. The van der Waals surface area contributed by atoms with Crippen LogP contribution < -0.4 is 15.4 Å². The Hall–Kier alpha value is -4.04. The molecule has 3 heterocycles. The van der Waals surface area contributed by atoms with E-state index in [9.17, 15) is 0 Å². The second kappa shape index (κ2) is 9.62. The van der Waals surface area contributed by atoms with Gasteiger partial charge in [0.2, 0.25) is 0 Å². The van der Waals surface area contributed by atoms with Crippen LogP contribution in [0.1, 0.15) is 17.1 Å². The third-order valence-corrected chi connectivity index (χ3v) is 4.92. The van der Waals surface area contributed by atoms with E-state index in [1.165, 1.54) is 0 Å². The van der Waals surface area contributed by atoms with Crippen molar-refractivity contribution in [2.45, 2.75) is 13.8 Å². The molecule has 166 valence electrons. The summed E-state index contributed by atoms with van der Waals surface area (Å²) in [6.45, 7) is 7.67. The second-order valence-corrected chi connectivity index (χ2v) is 7.60. The number of aromatic nitrogens is 5. The molecule has 2 N–H and O–H groups in total. The van der Waals surface area contributed by atoms with Gasteiger partial charge >= 0.3 is 0 Å². The topological polar surface area (TPSA) is 97.7 Å². The fourth-order valence-electron chi connectivity index (χ4n) is 3.35. The number of aryl methyl sites for hydroxylation is 2. The molecule has 0 saturated heterocycles. The largest absolute Gasteiger partial charge is 0.494 e. The van der Waals surface area contributed by atoms with Crippen LogP contribution in [-0.2, 0) is 0 Å². The number of nitrogens with zero attached hydrogens (tertiary/aromatic N) is 5. The van der Waals surface area contributed by atoms with Gasteiger partial charge in [0, 0.05) is 42.0 Å². The molecule has 9 heteroatoms. The fraction of sp³-hybridized carbons (Fsp3) is 0.125. The van der Waals surface area contributed by atoms with Gasteiger partial charge in [-0.2, -0.15) is 0 Å². The van der Waals surface area contributed by atoms with Gasteiger partial charge in [0.15, 0.2) is 11.6 Å². The highest BCUT2D eigenvalue weighted by Gasteiger charge is 2.15. The van der Waals surface area contributed by atoms with E-state index in [0.29, 0.717) is 34.1 Å². The number of halogens is 1. The van der Waals surface area contributed by atoms with E-state index in [1.54, 1.807) is 31.8 Å². The zero-order valence-electron chi connectivity index (χ0n) is 18.4. The number of para-hydroxylation sites is 1. The minimum absolute atomic E-state index is 0.466. The summed E-state index contributed by atoms with van der Waals surface area (Å²) in [5, 5.41) is 7.12. The van der Waals surface area contributed by atoms with Crippen LogP contribution in [0.3, 0.4) is 0 Å². The molecule has 0 saturated carbocycles. The lowest BCUT2D eigenvalue weighted by Gasteiger charge is -2.17. The van der Waals surface area contributed by atoms with E-state index < -0.39 is 0 Å². The highest BCUT2D eigenvalue weighted by molar-refractivity contribution is 6.30. The summed E-state index contributed by atoms with van der Waals surface area (Å²) >= 11 is 5.94. The molecule has 0 bridgehead atoms. The van der Waals surface area contributed by atoms with Gasteiger partial charge < -0.3 is 15.4 Å². The number of ether oxygens (including phenoxy) is 1. The second-order valence-electron chi connectivity index (χ2n) is 7.16. The maximum Gasteiger partial charge on any atom is 0.163 e. The summed E-state index contributed by atoms with van der Waals surface area (Å²) in [7, 11) is 1.60. The summed E-state index contributed by atoms with van der Waals surface area (Å²) in [5.74, 6) is 3.09. The Labute approximate surface area is 196 Å². The molecule has 4 aromatic rings. The van der Waals surface area contributed by atoms with E-state index >= 15 is 0 Å². The molecule has 4 rings (SSSR count). The molecule has 1 aromatic carbocycles. The van der Waals surface area contributed by atoms with Gasteiger partial charge in [0.1, 0.15) is 17.5 Å². The number of hydrogen-bond acceptors (Lipinski definition) is 8. The van der Waals surface area contributed by atoms with E-state index in [0.717, 1.165) is 28.2 Å². The summed E-state index contributed by atoms with van der Waals surface area (Å²) in [6, 6.07) is 9.45. The molecule has 8 nitrogen and oxygen atoms in total. The van der Waals surface area contributed by atoms with E-state index in [4.69, 9.17) is 16.3 Å². The molecular formula is C24H22ClN7O. The molecule has 0 aliphatic heterocycles. The molecule has 0 amide bonds. The zero-order chi connectivity index (χ0) is 23.4. The molecule has 0 aliphatic rings. The standard InChI is InChI=1S/C24H22ClN7O/c1-5-16-11-26-21(32-22-9-14(2)29-15(3)30-22)10-20(16)31-19-8-6-7-18(23(19)33-4)24-27-12-17(25)13-28-24/h5-13H,1H2,2-4H3,(H2,26,29,30,31,32). The van der Waals surface area contributed by atoms with Crippen molar-refractivity contribution in [3.63, 3.8) is 0 Å². The van der Waals surface area contributed by atoms with E-state index in [1.807, 2.05) is 44.2 Å². The van der Waals surface area contributed by atoms with Crippen molar-refractivity contribution < 1.29 is 4.74 Å². The van der Waals surface area contributed by atoms with Crippen molar-refractivity contribution in [3.8, 4) is 17.1 Å². The van der Waals surface area contributed by atoms with Crippen molar-refractivity contribution >= 4 is 40.7 Å². The quantitative estimate of drug-likeness (QED) is 0.361. The van der Waals surface area contributed by atoms with Crippen molar-refractivity contribution in [3.05, 3.63) is 77.6 Å². The van der Waals surface area contributed by atoms with Crippen LogP contribution in [0, 0.1) is 13.8 Å². The smallest absolute Gasteiger partial charge is 0.163 e. The predicted molar refractivity (Wildman–Crippen MR) is 131 cm³/mol. The number of anilines is 4. The van der Waals surface area contributed by atoms with Gasteiger partial charge in [-0.05, 0) is 26.0 Å². The van der Waals surface area contributed by atoms with Gasteiger partial charge in [-0.1, -0.05) is 30.3 Å². The van der Waals surface area contributed by atoms with E-state index in [2.05, 4.69) is 42.1 Å². The first kappa shape index (κ1) is 22.2. The van der Waals surface area contributed by atoms with Crippen LogP contribution in [0.25, 0.3) is 17.5 Å². The van der Waals surface area contributed by atoms with Crippen LogP contribution in [0.5, 0.6) is 5.75 Å². The summed E-state index contributed by atoms with van der Waals surface area (Å²) in [5.41, 5.74) is 3.96. The average Bonchev–Trinajstić information content (AvgIpc) is 2.79. The van der Waals surface area contributed by atoms with Crippen LogP contribution in [0.2, 0.25) is 5.02 Å². The van der Waals surface area contributed by atoms with Crippen LogP contribution >= 0.6 is 11.6 Å². The monoisotopic (exact) mass is 459 g/mol. The first-order valence-electron chi connectivity index (χ1n) is 10.1. The Morgan fingerprint density at radius 1 is 0.939 bits per heavy atom. The highest BCUT2D eigenvalue weighted by atomic mass is 35.5. The van der Waals surface area contributed by atoms with Gasteiger partial charge in [-0.25, -0.2) is 24.9 Å². The molecular weight excluding hydrogens is 438 g/mol. The first-order chi connectivity index (χ1) is 16.0. The van der Waals surface area contributed by atoms with Crippen LogP contribution in [0.4, 0.5) is 23.0 Å². The number of pyridine rings is 1. The molecule has 0 atom stereocenters. The number of nitrogens with one attached hydrogen (secondary N) is 2. The number of methoxy groups -OCH3 is 1. The maximum absolute atomic E-state index is 5.94. The first-order valence-corrected chi connectivity index (χ1v) is 10.5. The zero-order valence-corrected chi connectivity index (χ0v) is 19.2. The van der Waals surface area contributed by atoms with Crippen molar-refractivity contribution in [2.75, 3.05) is 17.7 Å². The molecule has 0 radical (unpaired) electrons. The normalized spacial score (nSPS) is 10.5. The minimum Gasteiger partial charge on any atom is -0.494 e. The SMILES string of the molecule is C=Cc1cnc(Nc2cc(C)nc(C)n2)cc1Nc1cccc(-c2ncc(Cl)cn2)c1OC. The van der Waals surface area contributed by atoms with Crippen molar-refractivity contribution in [1.82, 2.24) is 24.9 Å². The third kappa shape index (κ3) is 5.07. The Morgan fingerprint density at radius 3 is 2.42 bits per heavy atom. The molecule has 0 aliphatic carbocycles. The lowest BCUT2D eigenvalue weighted by Crippen LogP contribution is -2.03. The van der Waals surface area contributed by atoms with E-state index in [-0.39, 0.29) is 0 Å². The summed E-state index contributed by atoms with van der Waals surface area (Å²) in [6.07, 6.45) is 6.57. The highest BCUT2D eigenvalue weighted by Crippen LogP contribution is 2.37. The third-order valence-electron chi connectivity index (χ3n) is 4.73. The molecule has 33 heavy (non-hydrogen) atoms. The Balaban J connectivity index is 1.69. The van der Waals surface area contributed by atoms with Crippen molar-refractivity contribution in [1.29, 1.82) is 0 Å². The van der Waals surface area contributed by atoms with Gasteiger partial charge in [0.05, 0.1) is 29.1 Å². The molecule has 3 aromatic heterocycles. The van der Waals surface area contributed by atoms with Crippen LogP contribution in [0.15, 0.2) is 55.5 Å². The maximum atomic E-state index is 5.94. The van der Waals surface area contributed by atoms with Crippen LogP contribution in [-0.4, -0.2) is 32.0 Å². The fourth-order valence-corrected chi connectivity index (χ4v) is 3.44. The Morgan fingerprint density at radius 2 is 1.73 bits per heavy atom. The lowest BCUT2D eigenvalue weighted by molar-refractivity contribution is 0.418. The summed E-state index contributed by atoms with van der Waals surface area (Å²) < 4.78 is 5.71. The van der Waals surface area contributed by atoms with Gasteiger partial charge in [-0.3, -0.25) is 0 Å². The van der Waals surface area contributed by atoms with Gasteiger partial charge in [-0.15, -0.1) is 0 Å². The Bertz CT molecular complexity index is 1290.